The van der Waals surface area contributed by atoms with E-state index in [9.17, 15) is 4.79 Å². The van der Waals surface area contributed by atoms with E-state index in [2.05, 4.69) is 37.4 Å². The van der Waals surface area contributed by atoms with Gasteiger partial charge in [-0.05, 0) is 37.1 Å². The molecule has 0 bridgehead atoms. The zero-order chi connectivity index (χ0) is 14.5. The molecule has 104 valence electrons. The van der Waals surface area contributed by atoms with Crippen LogP contribution in [0, 0.1) is 13.8 Å². The Morgan fingerprint density at radius 1 is 1.15 bits per heavy atom. The number of para-hydroxylation sites is 1. The van der Waals surface area contributed by atoms with Crippen molar-refractivity contribution in [3.8, 4) is 0 Å². The SMILES string of the molecule is COC(=O)c1ccccc1NCc1cc(C)ccc1C. The summed E-state index contributed by atoms with van der Waals surface area (Å²) in [6.07, 6.45) is 0. The third kappa shape index (κ3) is 3.18. The molecule has 0 aliphatic rings. The third-order valence-corrected chi connectivity index (χ3v) is 3.31. The molecule has 0 saturated carbocycles. The summed E-state index contributed by atoms with van der Waals surface area (Å²) in [5.41, 5.74) is 5.04. The summed E-state index contributed by atoms with van der Waals surface area (Å²) in [5.74, 6) is -0.325. The second-order valence-corrected chi connectivity index (χ2v) is 4.82. The summed E-state index contributed by atoms with van der Waals surface area (Å²) >= 11 is 0. The van der Waals surface area contributed by atoms with Crippen LogP contribution in [-0.2, 0) is 11.3 Å². The van der Waals surface area contributed by atoms with Gasteiger partial charge in [0.15, 0.2) is 0 Å². The van der Waals surface area contributed by atoms with E-state index in [4.69, 9.17) is 4.74 Å². The predicted molar refractivity (Wildman–Crippen MR) is 81.0 cm³/mol. The van der Waals surface area contributed by atoms with Crippen molar-refractivity contribution in [3.63, 3.8) is 0 Å². The number of esters is 1. The highest BCUT2D eigenvalue weighted by Crippen LogP contribution is 2.18. The molecule has 0 spiro atoms. The zero-order valence-electron chi connectivity index (χ0n) is 12.1. The van der Waals surface area contributed by atoms with Crippen molar-refractivity contribution in [2.45, 2.75) is 20.4 Å². The first-order chi connectivity index (χ1) is 9.61. The molecule has 0 aliphatic heterocycles. The number of methoxy groups -OCH3 is 1. The van der Waals surface area contributed by atoms with Crippen molar-refractivity contribution < 1.29 is 9.53 Å². The summed E-state index contributed by atoms with van der Waals surface area (Å²) in [7, 11) is 1.39. The van der Waals surface area contributed by atoms with E-state index in [1.165, 1.54) is 23.8 Å². The summed E-state index contributed by atoms with van der Waals surface area (Å²) in [6, 6.07) is 13.7. The number of hydrogen-bond donors (Lipinski definition) is 1. The van der Waals surface area contributed by atoms with E-state index in [1.807, 2.05) is 18.2 Å². The fourth-order valence-corrected chi connectivity index (χ4v) is 2.11. The van der Waals surface area contributed by atoms with Crippen molar-refractivity contribution in [2.75, 3.05) is 12.4 Å². The van der Waals surface area contributed by atoms with Crippen LogP contribution in [0.5, 0.6) is 0 Å². The lowest BCUT2D eigenvalue weighted by molar-refractivity contribution is 0.0602. The first kappa shape index (κ1) is 14.1. The van der Waals surface area contributed by atoms with Crippen molar-refractivity contribution in [2.24, 2.45) is 0 Å². The monoisotopic (exact) mass is 269 g/mol. The Balaban J connectivity index is 2.19. The highest BCUT2D eigenvalue weighted by Gasteiger charge is 2.10. The van der Waals surface area contributed by atoms with E-state index in [0.29, 0.717) is 12.1 Å². The molecule has 0 aromatic heterocycles. The van der Waals surface area contributed by atoms with Crippen LogP contribution in [0.1, 0.15) is 27.0 Å². The second kappa shape index (κ2) is 6.24. The standard InChI is InChI=1S/C17H19NO2/c1-12-8-9-13(2)14(10-12)11-18-16-7-5-4-6-15(16)17(19)20-3/h4-10,18H,11H2,1-3H3. The minimum atomic E-state index is -0.325. The Bertz CT molecular complexity index is 620. The van der Waals surface area contributed by atoms with Crippen molar-refractivity contribution in [1.82, 2.24) is 0 Å². The highest BCUT2D eigenvalue weighted by molar-refractivity contribution is 5.95. The molecule has 0 heterocycles. The van der Waals surface area contributed by atoms with Crippen LogP contribution < -0.4 is 5.32 Å². The van der Waals surface area contributed by atoms with Gasteiger partial charge in [-0.15, -0.1) is 0 Å². The predicted octanol–water partition coefficient (Wildman–Crippen LogP) is 3.70. The number of aryl methyl sites for hydroxylation is 2. The Kier molecular flexibility index (Phi) is 4.41. The maximum atomic E-state index is 11.7. The molecule has 0 aliphatic carbocycles. The van der Waals surface area contributed by atoms with Gasteiger partial charge in [0.2, 0.25) is 0 Å². The molecule has 0 fully saturated rings. The van der Waals surface area contributed by atoms with E-state index in [1.54, 1.807) is 6.07 Å². The highest BCUT2D eigenvalue weighted by atomic mass is 16.5. The smallest absolute Gasteiger partial charge is 0.339 e. The molecule has 3 nitrogen and oxygen atoms in total. The minimum absolute atomic E-state index is 0.325. The molecule has 20 heavy (non-hydrogen) atoms. The molecule has 0 amide bonds. The Labute approximate surface area is 119 Å². The molecule has 0 atom stereocenters. The molecular formula is C17H19NO2. The lowest BCUT2D eigenvalue weighted by Crippen LogP contribution is -2.08. The van der Waals surface area contributed by atoms with Crippen LogP contribution in [0.15, 0.2) is 42.5 Å². The van der Waals surface area contributed by atoms with Crippen molar-refractivity contribution in [3.05, 3.63) is 64.7 Å². The number of ether oxygens (including phenoxy) is 1. The van der Waals surface area contributed by atoms with Gasteiger partial charge in [-0.1, -0.05) is 35.9 Å². The molecule has 3 heteroatoms. The van der Waals surface area contributed by atoms with Gasteiger partial charge < -0.3 is 10.1 Å². The summed E-state index contributed by atoms with van der Waals surface area (Å²) in [4.78, 5) is 11.7. The van der Waals surface area contributed by atoms with Crippen LogP contribution in [0.25, 0.3) is 0 Å². The molecule has 0 unspecified atom stereocenters. The lowest BCUT2D eigenvalue weighted by Gasteiger charge is -2.12. The topological polar surface area (TPSA) is 38.3 Å². The Morgan fingerprint density at radius 3 is 2.65 bits per heavy atom. The molecule has 0 radical (unpaired) electrons. The van der Waals surface area contributed by atoms with Gasteiger partial charge in [0.25, 0.3) is 0 Å². The van der Waals surface area contributed by atoms with E-state index in [0.717, 1.165) is 5.69 Å². The van der Waals surface area contributed by atoms with Crippen LogP contribution in [0.2, 0.25) is 0 Å². The average molecular weight is 269 g/mol. The van der Waals surface area contributed by atoms with E-state index in [-0.39, 0.29) is 5.97 Å². The zero-order valence-corrected chi connectivity index (χ0v) is 12.1. The number of rotatable bonds is 4. The first-order valence-electron chi connectivity index (χ1n) is 6.59. The Hall–Kier alpha value is -2.29. The van der Waals surface area contributed by atoms with Gasteiger partial charge >= 0.3 is 5.97 Å². The van der Waals surface area contributed by atoms with Crippen LogP contribution in [-0.4, -0.2) is 13.1 Å². The first-order valence-corrected chi connectivity index (χ1v) is 6.59. The van der Waals surface area contributed by atoms with Crippen molar-refractivity contribution >= 4 is 11.7 Å². The number of nitrogens with one attached hydrogen (secondary N) is 1. The van der Waals surface area contributed by atoms with Crippen LogP contribution in [0.3, 0.4) is 0 Å². The minimum Gasteiger partial charge on any atom is -0.465 e. The van der Waals surface area contributed by atoms with Crippen LogP contribution in [0.4, 0.5) is 5.69 Å². The van der Waals surface area contributed by atoms with Crippen LogP contribution >= 0.6 is 0 Å². The molecule has 0 saturated heterocycles. The quantitative estimate of drug-likeness (QED) is 0.860. The molecule has 2 aromatic carbocycles. The summed E-state index contributed by atoms with van der Waals surface area (Å²) < 4.78 is 4.79. The molecular weight excluding hydrogens is 250 g/mol. The number of anilines is 1. The number of carbonyl (C=O) groups is 1. The molecule has 2 aromatic rings. The lowest BCUT2D eigenvalue weighted by atomic mass is 10.1. The second-order valence-electron chi connectivity index (χ2n) is 4.82. The largest absolute Gasteiger partial charge is 0.465 e. The van der Waals surface area contributed by atoms with Gasteiger partial charge in [-0.3, -0.25) is 0 Å². The van der Waals surface area contributed by atoms with E-state index < -0.39 is 0 Å². The van der Waals surface area contributed by atoms with Gasteiger partial charge in [0.1, 0.15) is 0 Å². The van der Waals surface area contributed by atoms with Gasteiger partial charge in [-0.2, -0.15) is 0 Å². The summed E-state index contributed by atoms with van der Waals surface area (Å²) in [5, 5.41) is 3.31. The maximum absolute atomic E-state index is 11.7. The molecule has 2 rings (SSSR count). The maximum Gasteiger partial charge on any atom is 0.339 e. The Morgan fingerprint density at radius 2 is 1.90 bits per heavy atom. The van der Waals surface area contributed by atoms with Gasteiger partial charge in [-0.25, -0.2) is 4.79 Å². The number of hydrogen-bond acceptors (Lipinski definition) is 3. The van der Waals surface area contributed by atoms with Gasteiger partial charge in [0, 0.05) is 12.2 Å². The fraction of sp³-hybridized carbons (Fsp3) is 0.235. The van der Waals surface area contributed by atoms with Gasteiger partial charge in [0.05, 0.1) is 12.7 Å². The third-order valence-electron chi connectivity index (χ3n) is 3.31. The molecule has 1 N–H and O–H groups in total. The summed E-state index contributed by atoms with van der Waals surface area (Å²) in [6.45, 7) is 4.84. The van der Waals surface area contributed by atoms with Crippen molar-refractivity contribution in [1.29, 1.82) is 0 Å². The number of carbonyl (C=O) groups excluding carboxylic acids is 1. The van der Waals surface area contributed by atoms with E-state index >= 15 is 0 Å². The normalized spacial score (nSPS) is 10.2. The fourth-order valence-electron chi connectivity index (χ4n) is 2.11. The average Bonchev–Trinajstić information content (AvgIpc) is 2.47. The number of benzene rings is 2.